The van der Waals surface area contributed by atoms with Gasteiger partial charge >= 0.3 is 0 Å². The average Bonchev–Trinajstić information content (AvgIpc) is 2.85. The summed E-state index contributed by atoms with van der Waals surface area (Å²) in [6.07, 6.45) is 4.36. The van der Waals surface area contributed by atoms with E-state index in [-0.39, 0.29) is 28.4 Å². The van der Waals surface area contributed by atoms with Crippen LogP contribution in [-0.4, -0.2) is 34.0 Å². The van der Waals surface area contributed by atoms with Gasteiger partial charge in [0.25, 0.3) is 0 Å². The number of aliphatic hydroxyl groups is 2. The van der Waals surface area contributed by atoms with Crippen molar-refractivity contribution in [3.05, 3.63) is 0 Å². The molecule has 4 aliphatic rings. The minimum atomic E-state index is -0.713. The van der Waals surface area contributed by atoms with Gasteiger partial charge in [-0.15, -0.1) is 0 Å². The van der Waals surface area contributed by atoms with Crippen LogP contribution in [0.15, 0.2) is 0 Å². The lowest BCUT2D eigenvalue weighted by atomic mass is 9.44. The second-order valence-corrected chi connectivity index (χ2v) is 9.99. The second kappa shape index (κ2) is 5.63. The average molecular weight is 348 g/mol. The van der Waals surface area contributed by atoms with Crippen molar-refractivity contribution in [1.82, 2.24) is 0 Å². The lowest BCUT2D eigenvalue weighted by Gasteiger charge is -2.60. The molecule has 4 heteroatoms. The van der Waals surface area contributed by atoms with Gasteiger partial charge < -0.3 is 10.2 Å². The van der Waals surface area contributed by atoms with E-state index in [0.29, 0.717) is 42.8 Å². The maximum atomic E-state index is 13.3. The Kier molecular flexibility index (Phi) is 3.98. The van der Waals surface area contributed by atoms with Gasteiger partial charge in [0.15, 0.2) is 0 Å². The molecule has 0 spiro atoms. The third kappa shape index (κ3) is 2.32. The van der Waals surface area contributed by atoms with Gasteiger partial charge in [0, 0.05) is 18.3 Å². The van der Waals surface area contributed by atoms with E-state index in [9.17, 15) is 19.8 Å². The number of hydrogen-bond acceptors (Lipinski definition) is 4. The van der Waals surface area contributed by atoms with Gasteiger partial charge in [-0.2, -0.15) is 0 Å². The predicted molar refractivity (Wildman–Crippen MR) is 93.7 cm³/mol. The Morgan fingerprint density at radius 2 is 1.76 bits per heavy atom. The highest BCUT2D eigenvalue weighted by atomic mass is 16.3. The van der Waals surface area contributed by atoms with E-state index in [2.05, 4.69) is 13.8 Å². The smallest absolute Gasteiger partial charge is 0.137 e. The Labute approximate surface area is 150 Å². The minimum Gasteiger partial charge on any atom is -0.390 e. The van der Waals surface area contributed by atoms with Gasteiger partial charge in [0.1, 0.15) is 11.6 Å². The minimum absolute atomic E-state index is 0.00261. The van der Waals surface area contributed by atoms with Crippen molar-refractivity contribution in [3.8, 4) is 0 Å². The first kappa shape index (κ1) is 17.7. The summed E-state index contributed by atoms with van der Waals surface area (Å²) in [5.74, 6) is 1.71. The first-order valence-electron chi connectivity index (χ1n) is 10.1. The molecule has 0 aliphatic heterocycles. The van der Waals surface area contributed by atoms with Crippen molar-refractivity contribution in [2.45, 2.75) is 77.9 Å². The first-order chi connectivity index (χ1) is 11.7. The van der Waals surface area contributed by atoms with Crippen LogP contribution in [0.3, 0.4) is 0 Å². The van der Waals surface area contributed by atoms with Crippen LogP contribution in [-0.2, 0) is 9.59 Å². The quantitative estimate of drug-likeness (QED) is 0.764. The number of carbonyl (C=O) groups excluding carboxylic acids is 2. The van der Waals surface area contributed by atoms with Crippen LogP contribution in [0.5, 0.6) is 0 Å². The van der Waals surface area contributed by atoms with Crippen molar-refractivity contribution < 1.29 is 19.8 Å². The molecule has 0 amide bonds. The Morgan fingerprint density at radius 1 is 1.04 bits per heavy atom. The highest BCUT2D eigenvalue weighted by Gasteiger charge is 2.64. The number of carbonyl (C=O) groups is 2. The molecule has 4 fully saturated rings. The van der Waals surface area contributed by atoms with Gasteiger partial charge in [0.2, 0.25) is 0 Å². The lowest BCUT2D eigenvalue weighted by molar-refractivity contribution is -0.173. The largest absolute Gasteiger partial charge is 0.390 e. The monoisotopic (exact) mass is 348 g/mol. The third-order valence-corrected chi connectivity index (χ3v) is 8.86. The van der Waals surface area contributed by atoms with Crippen molar-refractivity contribution in [2.75, 3.05) is 0 Å². The zero-order valence-corrected chi connectivity index (χ0v) is 15.7. The van der Waals surface area contributed by atoms with E-state index < -0.39 is 12.2 Å². The molecule has 4 rings (SSSR count). The van der Waals surface area contributed by atoms with E-state index in [4.69, 9.17) is 0 Å². The molecular formula is C21H32O4. The van der Waals surface area contributed by atoms with Crippen LogP contribution >= 0.6 is 0 Å². The van der Waals surface area contributed by atoms with Crippen LogP contribution < -0.4 is 0 Å². The highest BCUT2D eigenvalue weighted by molar-refractivity contribution is 5.87. The lowest BCUT2D eigenvalue weighted by Crippen LogP contribution is -2.60. The number of hydrogen-bond donors (Lipinski definition) is 2. The van der Waals surface area contributed by atoms with E-state index >= 15 is 0 Å². The van der Waals surface area contributed by atoms with Crippen LogP contribution in [0.2, 0.25) is 0 Å². The summed E-state index contributed by atoms with van der Waals surface area (Å²) >= 11 is 0. The van der Waals surface area contributed by atoms with Crippen molar-refractivity contribution >= 4 is 11.6 Å². The van der Waals surface area contributed by atoms with E-state index in [1.807, 2.05) is 0 Å². The molecule has 0 bridgehead atoms. The third-order valence-electron chi connectivity index (χ3n) is 8.86. The van der Waals surface area contributed by atoms with Gasteiger partial charge in [-0.3, -0.25) is 9.59 Å². The van der Waals surface area contributed by atoms with Crippen molar-refractivity contribution in [2.24, 2.45) is 40.4 Å². The second-order valence-electron chi connectivity index (χ2n) is 9.99. The number of fused-ring (bicyclic) bond motifs is 5. The fraction of sp³-hybridized carbons (Fsp3) is 0.905. The Balaban J connectivity index is 1.69. The molecule has 9 atom stereocenters. The number of Topliss-reactive ketones (excluding diaryl/α,β-unsaturated/α-hetero) is 2. The Morgan fingerprint density at radius 3 is 2.44 bits per heavy atom. The van der Waals surface area contributed by atoms with Gasteiger partial charge in [-0.1, -0.05) is 13.8 Å². The highest BCUT2D eigenvalue weighted by Crippen LogP contribution is 2.66. The zero-order valence-electron chi connectivity index (χ0n) is 15.7. The molecule has 0 heterocycles. The summed E-state index contributed by atoms with van der Waals surface area (Å²) < 4.78 is 0. The first-order valence-corrected chi connectivity index (χ1v) is 10.1. The molecule has 4 saturated carbocycles. The SMILES string of the molecule is CC(=O)[C@H]1CC[C@H]2[C@@H]3CC[C@H]4C[C@H](O)[C@@H](O)C[C@]4(C)[C@H]3C(=O)C[C@]12C. The summed E-state index contributed by atoms with van der Waals surface area (Å²) in [6.45, 7) is 6.05. The molecular weight excluding hydrogens is 316 g/mol. The van der Waals surface area contributed by atoms with Crippen molar-refractivity contribution in [1.29, 1.82) is 0 Å². The van der Waals surface area contributed by atoms with E-state index in [1.165, 1.54) is 0 Å². The molecule has 4 nitrogen and oxygen atoms in total. The molecule has 0 aromatic carbocycles. The maximum Gasteiger partial charge on any atom is 0.137 e. The molecule has 4 aliphatic carbocycles. The molecule has 0 unspecified atom stereocenters. The summed E-state index contributed by atoms with van der Waals surface area (Å²) in [5, 5.41) is 20.4. The Bertz CT molecular complexity index is 601. The fourth-order valence-corrected chi connectivity index (χ4v) is 7.76. The number of rotatable bonds is 1. The Hall–Kier alpha value is -0.740. The van der Waals surface area contributed by atoms with E-state index in [0.717, 1.165) is 25.7 Å². The topological polar surface area (TPSA) is 74.6 Å². The molecule has 0 radical (unpaired) electrons. The molecule has 0 saturated heterocycles. The van der Waals surface area contributed by atoms with Crippen LogP contribution in [0.1, 0.15) is 65.7 Å². The summed E-state index contributed by atoms with van der Waals surface area (Å²) in [5.41, 5.74) is -0.367. The summed E-state index contributed by atoms with van der Waals surface area (Å²) in [6, 6.07) is 0. The molecule has 140 valence electrons. The molecule has 2 N–H and O–H groups in total. The number of ketones is 2. The number of aliphatic hydroxyl groups excluding tert-OH is 2. The predicted octanol–water partition coefficient (Wildman–Crippen LogP) is 2.75. The molecule has 25 heavy (non-hydrogen) atoms. The van der Waals surface area contributed by atoms with Gasteiger partial charge in [-0.25, -0.2) is 0 Å². The van der Waals surface area contributed by atoms with Gasteiger partial charge in [-0.05, 0) is 74.0 Å². The summed E-state index contributed by atoms with van der Waals surface area (Å²) in [4.78, 5) is 25.5. The molecule has 0 aromatic heterocycles. The zero-order chi connectivity index (χ0) is 18.1. The van der Waals surface area contributed by atoms with E-state index in [1.54, 1.807) is 6.92 Å². The standard InChI is InChI=1S/C21H32O4/c1-11(22)14-6-7-15-13-5-4-12-8-16(23)17(24)9-20(12,2)19(13)18(25)10-21(14,15)3/h12-17,19,23-24H,4-10H2,1-3H3/t12-,13-,14+,15-,16-,17-,19+,20-,21+/m0/s1. The molecule has 0 aromatic rings. The van der Waals surface area contributed by atoms with Crippen LogP contribution in [0.25, 0.3) is 0 Å². The maximum absolute atomic E-state index is 13.3. The fourth-order valence-electron chi connectivity index (χ4n) is 7.76. The van der Waals surface area contributed by atoms with Gasteiger partial charge in [0.05, 0.1) is 12.2 Å². The summed E-state index contributed by atoms with van der Waals surface area (Å²) in [7, 11) is 0. The van der Waals surface area contributed by atoms with Crippen molar-refractivity contribution in [3.63, 3.8) is 0 Å². The van der Waals surface area contributed by atoms with Crippen LogP contribution in [0.4, 0.5) is 0 Å². The normalized spacial score (nSPS) is 55.2. The van der Waals surface area contributed by atoms with Crippen LogP contribution in [0, 0.1) is 40.4 Å².